The van der Waals surface area contributed by atoms with Gasteiger partial charge < -0.3 is 10.6 Å². The van der Waals surface area contributed by atoms with Crippen molar-refractivity contribution in [2.45, 2.75) is 37.5 Å². The lowest BCUT2D eigenvalue weighted by atomic mass is 10.1. The normalized spacial score (nSPS) is 14.1. The van der Waals surface area contributed by atoms with Gasteiger partial charge in [-0.2, -0.15) is 4.31 Å². The van der Waals surface area contributed by atoms with Crippen molar-refractivity contribution in [2.24, 2.45) is 0 Å². The summed E-state index contributed by atoms with van der Waals surface area (Å²) in [6.07, 6.45) is 2.54. The molecule has 154 valence electrons. The molecule has 3 rings (SSSR count). The molecule has 0 aromatic heterocycles. The van der Waals surface area contributed by atoms with Crippen LogP contribution in [-0.2, 0) is 32.5 Å². The predicted molar refractivity (Wildman–Crippen MR) is 112 cm³/mol. The minimum Gasteiger partial charge on any atom is -0.326 e. The quantitative estimate of drug-likeness (QED) is 0.758. The van der Waals surface area contributed by atoms with Gasteiger partial charge in [-0.3, -0.25) is 9.59 Å². The molecule has 1 aliphatic rings. The van der Waals surface area contributed by atoms with Crippen LogP contribution in [0, 0.1) is 0 Å². The van der Waals surface area contributed by atoms with Crippen LogP contribution in [0.3, 0.4) is 0 Å². The van der Waals surface area contributed by atoms with Gasteiger partial charge in [0, 0.05) is 24.8 Å². The summed E-state index contributed by atoms with van der Waals surface area (Å²) < 4.78 is 26.9. The summed E-state index contributed by atoms with van der Waals surface area (Å²) in [6.45, 7) is 1.72. The molecule has 1 heterocycles. The fourth-order valence-electron chi connectivity index (χ4n) is 3.25. The zero-order chi connectivity index (χ0) is 21.0. The van der Waals surface area contributed by atoms with E-state index >= 15 is 0 Å². The number of rotatable bonds is 6. The summed E-state index contributed by atoms with van der Waals surface area (Å²) >= 11 is 0. The molecule has 8 heteroatoms. The summed E-state index contributed by atoms with van der Waals surface area (Å²) in [6, 6.07) is 12.1. The Morgan fingerprint density at radius 2 is 1.97 bits per heavy atom. The standard InChI is InChI=1S/C21H25N3O4S/c1-3-15-6-4-8-17(12-15)22-21(26)14-24(2)29(27,28)18-10-11-19-16(13-18)7-5-9-20(25)23-19/h4,6,8,10-13H,3,5,7,9,14H2,1-2H3,(H,22,26)(H,23,25). The van der Waals surface area contributed by atoms with Gasteiger partial charge in [0.1, 0.15) is 0 Å². The molecule has 2 amide bonds. The van der Waals surface area contributed by atoms with Gasteiger partial charge in [-0.15, -0.1) is 0 Å². The zero-order valence-electron chi connectivity index (χ0n) is 16.6. The molecule has 0 unspecified atom stereocenters. The van der Waals surface area contributed by atoms with E-state index in [0.29, 0.717) is 30.6 Å². The van der Waals surface area contributed by atoms with Gasteiger partial charge >= 0.3 is 0 Å². The first-order chi connectivity index (χ1) is 13.8. The molecule has 0 radical (unpaired) electrons. The number of anilines is 2. The van der Waals surface area contributed by atoms with Crippen molar-refractivity contribution in [2.75, 3.05) is 24.2 Å². The molecule has 2 N–H and O–H groups in total. The molecule has 0 spiro atoms. The van der Waals surface area contributed by atoms with Crippen LogP contribution in [-0.4, -0.2) is 38.1 Å². The second-order valence-electron chi connectivity index (χ2n) is 7.08. The highest BCUT2D eigenvalue weighted by Crippen LogP contribution is 2.26. The minimum atomic E-state index is -3.84. The molecule has 2 aromatic rings. The van der Waals surface area contributed by atoms with Crippen molar-refractivity contribution in [3.8, 4) is 0 Å². The van der Waals surface area contributed by atoms with Gasteiger partial charge in [-0.25, -0.2) is 8.42 Å². The Labute approximate surface area is 171 Å². The monoisotopic (exact) mass is 415 g/mol. The second-order valence-corrected chi connectivity index (χ2v) is 9.13. The first-order valence-corrected chi connectivity index (χ1v) is 11.0. The zero-order valence-corrected chi connectivity index (χ0v) is 17.4. The van der Waals surface area contributed by atoms with Crippen LogP contribution in [0.2, 0.25) is 0 Å². The van der Waals surface area contributed by atoms with Crippen LogP contribution >= 0.6 is 0 Å². The number of sulfonamides is 1. The van der Waals surface area contributed by atoms with E-state index in [9.17, 15) is 18.0 Å². The molecule has 29 heavy (non-hydrogen) atoms. The summed E-state index contributed by atoms with van der Waals surface area (Å²) in [7, 11) is -2.46. The maximum Gasteiger partial charge on any atom is 0.243 e. The van der Waals surface area contributed by atoms with Gasteiger partial charge in [0.25, 0.3) is 0 Å². The number of benzene rings is 2. The number of likely N-dealkylation sites (N-methyl/N-ethyl adjacent to an activating group) is 1. The predicted octanol–water partition coefficient (Wildman–Crippen LogP) is 2.78. The SMILES string of the molecule is CCc1cccc(NC(=O)CN(C)S(=O)(=O)c2ccc3c(c2)CCCC(=O)N3)c1. The van der Waals surface area contributed by atoms with Crippen molar-refractivity contribution in [3.05, 3.63) is 53.6 Å². The molecular formula is C21H25N3O4S. The highest BCUT2D eigenvalue weighted by atomic mass is 32.2. The number of fused-ring (bicyclic) bond motifs is 1. The number of carbonyl (C=O) groups is 2. The number of nitrogens with zero attached hydrogens (tertiary/aromatic N) is 1. The molecule has 1 aliphatic heterocycles. The van der Waals surface area contributed by atoms with Crippen molar-refractivity contribution in [1.82, 2.24) is 4.31 Å². The maximum absolute atomic E-state index is 12.9. The maximum atomic E-state index is 12.9. The topological polar surface area (TPSA) is 95.6 Å². The number of hydrogen-bond donors (Lipinski definition) is 2. The first kappa shape index (κ1) is 21.0. The molecule has 0 saturated carbocycles. The van der Waals surface area contributed by atoms with Gasteiger partial charge in [-0.1, -0.05) is 19.1 Å². The van der Waals surface area contributed by atoms with E-state index in [1.807, 2.05) is 25.1 Å². The van der Waals surface area contributed by atoms with Crippen LogP contribution in [0.1, 0.15) is 30.9 Å². The van der Waals surface area contributed by atoms with Crippen LogP contribution in [0.4, 0.5) is 11.4 Å². The van der Waals surface area contributed by atoms with Gasteiger partial charge in [-0.05, 0) is 60.7 Å². The summed E-state index contributed by atoms with van der Waals surface area (Å²) in [4.78, 5) is 24.1. The van der Waals surface area contributed by atoms with E-state index < -0.39 is 15.9 Å². The first-order valence-electron chi connectivity index (χ1n) is 9.57. The Morgan fingerprint density at radius 3 is 2.72 bits per heavy atom. The van der Waals surface area contributed by atoms with E-state index in [-0.39, 0.29) is 17.3 Å². The molecule has 0 atom stereocenters. The largest absolute Gasteiger partial charge is 0.326 e. The molecule has 0 bridgehead atoms. The average molecular weight is 416 g/mol. The molecule has 2 aromatic carbocycles. The van der Waals surface area contributed by atoms with Crippen molar-refractivity contribution in [3.63, 3.8) is 0 Å². The lowest BCUT2D eigenvalue weighted by molar-refractivity contribution is -0.117. The van der Waals surface area contributed by atoms with E-state index in [2.05, 4.69) is 10.6 Å². The summed E-state index contributed by atoms with van der Waals surface area (Å²) in [5.74, 6) is -0.480. The van der Waals surface area contributed by atoms with Crippen molar-refractivity contribution < 1.29 is 18.0 Å². The Bertz CT molecular complexity index is 1030. The Kier molecular flexibility index (Phi) is 6.34. The van der Waals surface area contributed by atoms with Crippen LogP contribution in [0.5, 0.6) is 0 Å². The third-order valence-electron chi connectivity index (χ3n) is 4.89. The smallest absolute Gasteiger partial charge is 0.243 e. The fourth-order valence-corrected chi connectivity index (χ4v) is 4.43. The van der Waals surface area contributed by atoms with Gasteiger partial charge in [0.2, 0.25) is 21.8 Å². The Morgan fingerprint density at radius 1 is 1.17 bits per heavy atom. The lowest BCUT2D eigenvalue weighted by Gasteiger charge is -2.18. The number of nitrogens with one attached hydrogen (secondary N) is 2. The van der Waals surface area contributed by atoms with Crippen molar-refractivity contribution in [1.29, 1.82) is 0 Å². The Balaban J connectivity index is 1.72. The van der Waals surface area contributed by atoms with Crippen LogP contribution in [0.25, 0.3) is 0 Å². The van der Waals surface area contributed by atoms with Gasteiger partial charge in [0.15, 0.2) is 0 Å². The minimum absolute atomic E-state index is 0.0692. The van der Waals surface area contributed by atoms with Crippen molar-refractivity contribution >= 4 is 33.2 Å². The number of carbonyl (C=O) groups excluding carboxylic acids is 2. The third-order valence-corrected chi connectivity index (χ3v) is 6.69. The van der Waals surface area contributed by atoms with Gasteiger partial charge in [0.05, 0.1) is 11.4 Å². The van der Waals surface area contributed by atoms with E-state index in [4.69, 9.17) is 0 Å². The van der Waals surface area contributed by atoms with Crippen LogP contribution in [0.15, 0.2) is 47.4 Å². The Hall–Kier alpha value is -2.71. The summed E-state index contributed by atoms with van der Waals surface area (Å²) in [5.41, 5.74) is 3.15. The molecule has 7 nitrogen and oxygen atoms in total. The number of aryl methyl sites for hydroxylation is 2. The van der Waals surface area contributed by atoms with E-state index in [1.165, 1.54) is 13.1 Å². The molecule has 0 aliphatic carbocycles. The molecular weight excluding hydrogens is 390 g/mol. The fraction of sp³-hybridized carbons (Fsp3) is 0.333. The number of amides is 2. The van der Waals surface area contributed by atoms with E-state index in [0.717, 1.165) is 21.9 Å². The highest BCUT2D eigenvalue weighted by molar-refractivity contribution is 7.89. The van der Waals surface area contributed by atoms with E-state index in [1.54, 1.807) is 18.2 Å². The molecule has 0 saturated heterocycles. The third kappa shape index (κ3) is 5.02. The molecule has 0 fully saturated rings. The lowest BCUT2D eigenvalue weighted by Crippen LogP contribution is -2.35. The number of hydrogen-bond acceptors (Lipinski definition) is 4. The highest BCUT2D eigenvalue weighted by Gasteiger charge is 2.25. The van der Waals surface area contributed by atoms with Crippen LogP contribution < -0.4 is 10.6 Å². The average Bonchev–Trinajstić information content (AvgIpc) is 2.87. The second kappa shape index (κ2) is 8.75. The summed E-state index contributed by atoms with van der Waals surface area (Å²) in [5, 5.41) is 5.53.